The van der Waals surface area contributed by atoms with Gasteiger partial charge in [0.25, 0.3) is 0 Å². The Kier molecular flexibility index (Phi) is 3.44. The lowest BCUT2D eigenvalue weighted by Crippen LogP contribution is -2.08. The minimum atomic E-state index is 0.618. The van der Waals surface area contributed by atoms with Crippen molar-refractivity contribution < 1.29 is 4.74 Å². The van der Waals surface area contributed by atoms with Crippen LogP contribution in [0, 0.1) is 0 Å². The molecule has 1 heterocycles. The zero-order valence-corrected chi connectivity index (χ0v) is 9.60. The lowest BCUT2D eigenvalue weighted by atomic mass is 10.2. The summed E-state index contributed by atoms with van der Waals surface area (Å²) < 4.78 is 5.14. The number of aromatic nitrogens is 3. The molecule has 0 aliphatic heterocycles. The Morgan fingerprint density at radius 1 is 1.47 bits per heavy atom. The number of anilines is 2. The molecule has 0 radical (unpaired) electrons. The summed E-state index contributed by atoms with van der Waals surface area (Å²) in [6.45, 7) is 0.729. The summed E-state index contributed by atoms with van der Waals surface area (Å²) in [6.07, 6.45) is 2.26. The van der Waals surface area contributed by atoms with E-state index < -0.39 is 0 Å². The lowest BCUT2D eigenvalue weighted by molar-refractivity contribution is 0.417. The molecule has 2 rings (SSSR count). The van der Waals surface area contributed by atoms with Gasteiger partial charge in [-0.25, -0.2) is 4.98 Å². The molecule has 0 saturated carbocycles. The standard InChI is InChI=1S/C11H15N5O/c1-17-9-4-2-3-8(11(9)12)13-6-5-10-14-7-15-16-10/h2-4,7,13H,5-6,12H2,1H3,(H,14,15,16). The van der Waals surface area contributed by atoms with Gasteiger partial charge in [0.1, 0.15) is 17.9 Å². The fourth-order valence-corrected chi connectivity index (χ4v) is 1.54. The van der Waals surface area contributed by atoms with Gasteiger partial charge in [0, 0.05) is 13.0 Å². The Morgan fingerprint density at radius 2 is 2.35 bits per heavy atom. The minimum absolute atomic E-state index is 0.618. The van der Waals surface area contributed by atoms with E-state index >= 15 is 0 Å². The largest absolute Gasteiger partial charge is 0.495 e. The molecule has 0 aliphatic rings. The number of nitrogen functional groups attached to an aromatic ring is 1. The predicted molar refractivity (Wildman–Crippen MR) is 66.0 cm³/mol. The van der Waals surface area contributed by atoms with E-state index in [4.69, 9.17) is 10.5 Å². The summed E-state index contributed by atoms with van der Waals surface area (Å²) in [5.41, 5.74) is 7.41. The van der Waals surface area contributed by atoms with Crippen molar-refractivity contribution in [3.05, 3.63) is 30.4 Å². The number of hydrogen-bond donors (Lipinski definition) is 3. The van der Waals surface area contributed by atoms with Crippen LogP contribution >= 0.6 is 0 Å². The summed E-state index contributed by atoms with van der Waals surface area (Å²) >= 11 is 0. The average molecular weight is 233 g/mol. The van der Waals surface area contributed by atoms with E-state index in [9.17, 15) is 0 Å². The Labute approximate surface area is 99.2 Å². The number of nitrogens with one attached hydrogen (secondary N) is 2. The fraction of sp³-hybridized carbons (Fsp3) is 0.273. The Hall–Kier alpha value is -2.24. The molecule has 0 unspecified atom stereocenters. The first kappa shape index (κ1) is 11.3. The molecule has 90 valence electrons. The normalized spacial score (nSPS) is 10.2. The van der Waals surface area contributed by atoms with Crippen LogP contribution in [0.15, 0.2) is 24.5 Å². The number of nitrogens with two attached hydrogens (primary N) is 1. The molecular weight excluding hydrogens is 218 g/mol. The van der Waals surface area contributed by atoms with Crippen LogP contribution in [0.4, 0.5) is 11.4 Å². The smallest absolute Gasteiger partial charge is 0.143 e. The number of H-pyrrole nitrogens is 1. The number of para-hydroxylation sites is 1. The molecule has 6 heteroatoms. The zero-order chi connectivity index (χ0) is 12.1. The molecule has 0 bridgehead atoms. The highest BCUT2D eigenvalue weighted by Crippen LogP contribution is 2.28. The van der Waals surface area contributed by atoms with Gasteiger partial charge in [0.15, 0.2) is 0 Å². The van der Waals surface area contributed by atoms with E-state index in [2.05, 4.69) is 20.5 Å². The molecule has 0 fully saturated rings. The van der Waals surface area contributed by atoms with E-state index in [1.54, 1.807) is 7.11 Å². The second kappa shape index (κ2) is 5.20. The van der Waals surface area contributed by atoms with Crippen molar-refractivity contribution in [2.45, 2.75) is 6.42 Å². The van der Waals surface area contributed by atoms with Gasteiger partial charge in [0.05, 0.1) is 18.5 Å². The molecule has 2 aromatic rings. The van der Waals surface area contributed by atoms with Gasteiger partial charge in [-0.3, -0.25) is 5.10 Å². The van der Waals surface area contributed by atoms with Crippen molar-refractivity contribution in [3.8, 4) is 5.75 Å². The molecule has 0 amide bonds. The zero-order valence-electron chi connectivity index (χ0n) is 9.60. The Morgan fingerprint density at radius 3 is 3.06 bits per heavy atom. The van der Waals surface area contributed by atoms with Crippen LogP contribution in [0.5, 0.6) is 5.75 Å². The van der Waals surface area contributed by atoms with E-state index in [-0.39, 0.29) is 0 Å². The van der Waals surface area contributed by atoms with E-state index in [1.807, 2.05) is 18.2 Å². The van der Waals surface area contributed by atoms with Crippen LogP contribution in [0.3, 0.4) is 0 Å². The van der Waals surface area contributed by atoms with Gasteiger partial charge in [0.2, 0.25) is 0 Å². The van der Waals surface area contributed by atoms with Crippen molar-refractivity contribution in [1.29, 1.82) is 0 Å². The molecule has 6 nitrogen and oxygen atoms in total. The van der Waals surface area contributed by atoms with Gasteiger partial charge in [-0.15, -0.1) is 0 Å². The first-order valence-corrected chi connectivity index (χ1v) is 5.32. The molecule has 0 atom stereocenters. The molecule has 17 heavy (non-hydrogen) atoms. The molecule has 0 aliphatic carbocycles. The minimum Gasteiger partial charge on any atom is -0.495 e. The number of benzene rings is 1. The summed E-state index contributed by atoms with van der Waals surface area (Å²) in [5, 5.41) is 9.82. The lowest BCUT2D eigenvalue weighted by Gasteiger charge is -2.11. The summed E-state index contributed by atoms with van der Waals surface area (Å²) in [7, 11) is 1.60. The number of aromatic amines is 1. The molecule has 4 N–H and O–H groups in total. The maximum atomic E-state index is 5.93. The number of rotatable bonds is 5. The summed E-state index contributed by atoms with van der Waals surface area (Å²) in [4.78, 5) is 4.04. The second-order valence-electron chi connectivity index (χ2n) is 3.53. The molecular formula is C11H15N5O. The first-order chi connectivity index (χ1) is 8.31. The third-order valence-electron chi connectivity index (χ3n) is 2.43. The third-order valence-corrected chi connectivity index (χ3v) is 2.43. The topological polar surface area (TPSA) is 88.8 Å². The SMILES string of the molecule is COc1cccc(NCCc2ncn[nH]2)c1N. The van der Waals surface area contributed by atoms with Crippen molar-refractivity contribution >= 4 is 11.4 Å². The van der Waals surface area contributed by atoms with Crippen LogP contribution in [0.1, 0.15) is 5.82 Å². The van der Waals surface area contributed by atoms with E-state index in [1.165, 1.54) is 6.33 Å². The van der Waals surface area contributed by atoms with Crippen molar-refractivity contribution in [2.75, 3.05) is 24.7 Å². The van der Waals surface area contributed by atoms with Gasteiger partial charge in [-0.1, -0.05) is 6.07 Å². The third kappa shape index (κ3) is 2.66. The Bertz CT molecular complexity index is 469. The number of methoxy groups -OCH3 is 1. The van der Waals surface area contributed by atoms with Gasteiger partial charge in [-0.05, 0) is 12.1 Å². The number of hydrogen-bond acceptors (Lipinski definition) is 5. The molecule has 1 aromatic heterocycles. The van der Waals surface area contributed by atoms with Crippen LogP contribution < -0.4 is 15.8 Å². The summed E-state index contributed by atoms with van der Waals surface area (Å²) in [5.74, 6) is 1.52. The number of nitrogens with zero attached hydrogens (tertiary/aromatic N) is 2. The van der Waals surface area contributed by atoms with Crippen molar-refractivity contribution in [3.63, 3.8) is 0 Å². The Balaban J connectivity index is 1.95. The maximum absolute atomic E-state index is 5.93. The van der Waals surface area contributed by atoms with E-state index in [0.29, 0.717) is 11.4 Å². The second-order valence-corrected chi connectivity index (χ2v) is 3.53. The van der Waals surface area contributed by atoms with Crippen LogP contribution in [0.25, 0.3) is 0 Å². The molecule has 0 spiro atoms. The maximum Gasteiger partial charge on any atom is 0.143 e. The summed E-state index contributed by atoms with van der Waals surface area (Å²) in [6, 6.07) is 5.64. The highest BCUT2D eigenvalue weighted by molar-refractivity contribution is 5.72. The van der Waals surface area contributed by atoms with Crippen molar-refractivity contribution in [1.82, 2.24) is 15.2 Å². The van der Waals surface area contributed by atoms with Crippen LogP contribution in [0.2, 0.25) is 0 Å². The highest BCUT2D eigenvalue weighted by Gasteiger charge is 2.04. The molecule has 1 aromatic carbocycles. The van der Waals surface area contributed by atoms with Gasteiger partial charge in [-0.2, -0.15) is 5.10 Å². The van der Waals surface area contributed by atoms with Gasteiger partial charge < -0.3 is 15.8 Å². The van der Waals surface area contributed by atoms with E-state index in [0.717, 1.165) is 24.5 Å². The predicted octanol–water partition coefficient (Wildman–Crippen LogP) is 1.05. The number of ether oxygens (including phenoxy) is 1. The monoisotopic (exact) mass is 233 g/mol. The molecule has 0 saturated heterocycles. The fourth-order valence-electron chi connectivity index (χ4n) is 1.54. The highest BCUT2D eigenvalue weighted by atomic mass is 16.5. The first-order valence-electron chi connectivity index (χ1n) is 5.32. The average Bonchev–Trinajstić information content (AvgIpc) is 2.84. The van der Waals surface area contributed by atoms with Crippen LogP contribution in [-0.2, 0) is 6.42 Å². The quantitative estimate of drug-likeness (QED) is 0.672. The van der Waals surface area contributed by atoms with Crippen molar-refractivity contribution in [2.24, 2.45) is 0 Å². The van der Waals surface area contributed by atoms with Crippen LogP contribution in [-0.4, -0.2) is 28.8 Å². The van der Waals surface area contributed by atoms with Gasteiger partial charge >= 0.3 is 0 Å².